The van der Waals surface area contributed by atoms with Gasteiger partial charge in [0.25, 0.3) is 5.91 Å². The molecule has 7 heteroatoms. The number of hydrazone groups is 1. The topological polar surface area (TPSA) is 74.7 Å². The first-order chi connectivity index (χ1) is 12.0. The number of hydrogen-bond acceptors (Lipinski definition) is 4. The second-order valence-electron chi connectivity index (χ2n) is 5.78. The van der Waals surface area contributed by atoms with Gasteiger partial charge < -0.3 is 5.32 Å². The lowest BCUT2D eigenvalue weighted by Gasteiger charge is -2.19. The Morgan fingerprint density at radius 3 is 2.76 bits per heavy atom. The molecule has 128 valence electrons. The third-order valence-corrected chi connectivity index (χ3v) is 3.82. The summed E-state index contributed by atoms with van der Waals surface area (Å²) < 4.78 is 13.2. The Morgan fingerprint density at radius 1 is 1.24 bits per heavy atom. The smallest absolute Gasteiger partial charge is 0.275 e. The summed E-state index contributed by atoms with van der Waals surface area (Å²) in [5.41, 5.74) is 1.97. The zero-order valence-corrected chi connectivity index (χ0v) is 13.7. The number of rotatable bonds is 3. The Bertz CT molecular complexity index is 833. The predicted octanol–water partition coefficient (Wildman–Crippen LogP) is 2.11. The highest BCUT2D eigenvalue weighted by atomic mass is 19.1. The van der Waals surface area contributed by atoms with Crippen molar-refractivity contribution in [3.05, 3.63) is 65.2 Å². The second-order valence-corrected chi connectivity index (χ2v) is 5.78. The van der Waals surface area contributed by atoms with Crippen LogP contribution in [0.3, 0.4) is 0 Å². The zero-order valence-electron chi connectivity index (χ0n) is 13.7. The van der Waals surface area contributed by atoms with E-state index in [1.807, 2.05) is 6.07 Å². The van der Waals surface area contributed by atoms with Crippen molar-refractivity contribution in [2.75, 3.05) is 7.05 Å². The van der Waals surface area contributed by atoms with Crippen LogP contribution in [0.5, 0.6) is 0 Å². The molecule has 1 aliphatic heterocycles. The maximum Gasteiger partial charge on any atom is 0.275 e. The van der Waals surface area contributed by atoms with E-state index in [4.69, 9.17) is 0 Å². The van der Waals surface area contributed by atoms with Gasteiger partial charge in [-0.2, -0.15) is 5.10 Å². The van der Waals surface area contributed by atoms with E-state index in [9.17, 15) is 14.0 Å². The molecule has 2 aromatic rings. The van der Waals surface area contributed by atoms with Crippen LogP contribution in [0.1, 0.15) is 34.5 Å². The average Bonchev–Trinajstić information content (AvgIpc) is 2.59. The van der Waals surface area contributed by atoms with Crippen molar-refractivity contribution in [3.8, 4) is 0 Å². The second kappa shape index (κ2) is 7.21. The molecule has 0 saturated carbocycles. The molecule has 1 aliphatic rings. The minimum absolute atomic E-state index is 0.0853. The van der Waals surface area contributed by atoms with Gasteiger partial charge in [0.05, 0.1) is 0 Å². The van der Waals surface area contributed by atoms with Crippen LogP contribution in [0.4, 0.5) is 4.39 Å². The van der Waals surface area contributed by atoms with E-state index in [1.54, 1.807) is 31.4 Å². The molecular formula is C18H17FN4O2. The third kappa shape index (κ3) is 4.26. The first-order valence-corrected chi connectivity index (χ1v) is 7.86. The zero-order chi connectivity index (χ0) is 17.8. The molecule has 0 saturated heterocycles. The lowest BCUT2D eigenvalue weighted by atomic mass is 10.1. The molecule has 2 heterocycles. The molecule has 1 aromatic heterocycles. The Morgan fingerprint density at radius 2 is 2.08 bits per heavy atom. The molecule has 0 fully saturated rings. The Labute approximate surface area is 144 Å². The van der Waals surface area contributed by atoms with Gasteiger partial charge in [-0.3, -0.25) is 14.6 Å². The highest BCUT2D eigenvalue weighted by Crippen LogP contribution is 2.11. The van der Waals surface area contributed by atoms with Gasteiger partial charge in [0.15, 0.2) is 0 Å². The van der Waals surface area contributed by atoms with Gasteiger partial charge in [0.1, 0.15) is 17.3 Å². The molecule has 0 aliphatic carbocycles. The van der Waals surface area contributed by atoms with E-state index in [0.717, 1.165) is 11.1 Å². The first-order valence-electron chi connectivity index (χ1n) is 7.86. The molecule has 1 N–H and O–H groups in total. The molecule has 0 radical (unpaired) electrons. The van der Waals surface area contributed by atoms with Gasteiger partial charge in [0.2, 0.25) is 5.91 Å². The quantitative estimate of drug-likeness (QED) is 0.930. The Hall–Kier alpha value is -3.09. The summed E-state index contributed by atoms with van der Waals surface area (Å²) in [6.45, 7) is 0. The molecule has 25 heavy (non-hydrogen) atoms. The standard InChI is InChI=1S/C18H17FN4O2/c1-23-17(24)8-7-16(22-23)21-18(25)15-6-5-13(11-20-15)9-12-3-2-4-14(19)10-12/h2-6,10-11H,7-9H2,1H3,(H,21,22,25). The number of amides is 2. The Balaban J connectivity index is 1.64. The summed E-state index contributed by atoms with van der Waals surface area (Å²) in [6, 6.07) is 9.76. The largest absolute Gasteiger partial charge is 0.307 e. The summed E-state index contributed by atoms with van der Waals surface area (Å²) in [7, 11) is 1.55. The maximum atomic E-state index is 13.2. The van der Waals surface area contributed by atoms with Crippen molar-refractivity contribution in [1.29, 1.82) is 0 Å². The van der Waals surface area contributed by atoms with Gasteiger partial charge in [-0.25, -0.2) is 9.40 Å². The number of pyridine rings is 1. The molecule has 0 spiro atoms. The van der Waals surface area contributed by atoms with E-state index >= 15 is 0 Å². The number of hydrogen-bond donors (Lipinski definition) is 1. The van der Waals surface area contributed by atoms with E-state index in [0.29, 0.717) is 25.1 Å². The van der Waals surface area contributed by atoms with Gasteiger partial charge >= 0.3 is 0 Å². The van der Waals surface area contributed by atoms with Crippen LogP contribution in [0.2, 0.25) is 0 Å². The monoisotopic (exact) mass is 340 g/mol. The van der Waals surface area contributed by atoms with E-state index in [-0.39, 0.29) is 23.3 Å². The SMILES string of the molecule is CN1N=C(NC(=O)c2ccc(Cc3cccc(F)c3)cn2)CCC1=O. The number of nitrogens with one attached hydrogen (secondary N) is 1. The van der Waals surface area contributed by atoms with Crippen molar-refractivity contribution in [1.82, 2.24) is 15.3 Å². The minimum Gasteiger partial charge on any atom is -0.307 e. The van der Waals surface area contributed by atoms with Gasteiger partial charge in [0, 0.05) is 26.1 Å². The van der Waals surface area contributed by atoms with Crippen molar-refractivity contribution in [2.45, 2.75) is 19.3 Å². The van der Waals surface area contributed by atoms with Crippen LogP contribution in [0.15, 0.2) is 47.7 Å². The van der Waals surface area contributed by atoms with E-state index < -0.39 is 0 Å². The maximum absolute atomic E-state index is 13.2. The van der Waals surface area contributed by atoms with Gasteiger partial charge in [-0.15, -0.1) is 0 Å². The number of carbonyl (C=O) groups excluding carboxylic acids is 2. The normalized spacial score (nSPS) is 14.2. The fourth-order valence-electron chi connectivity index (χ4n) is 2.50. The fraction of sp³-hybridized carbons (Fsp3) is 0.222. The summed E-state index contributed by atoms with van der Waals surface area (Å²) in [4.78, 5) is 27.7. The summed E-state index contributed by atoms with van der Waals surface area (Å²) in [5, 5.41) is 7.90. The molecule has 0 unspecified atom stereocenters. The van der Waals surface area contributed by atoms with Crippen LogP contribution in [0, 0.1) is 5.82 Å². The number of amidine groups is 1. The summed E-state index contributed by atoms with van der Waals surface area (Å²) >= 11 is 0. The van der Waals surface area contributed by atoms with Crippen molar-refractivity contribution in [3.63, 3.8) is 0 Å². The lowest BCUT2D eigenvalue weighted by molar-refractivity contribution is -0.130. The van der Waals surface area contributed by atoms with Crippen LogP contribution < -0.4 is 5.32 Å². The number of halogens is 1. The Kier molecular flexibility index (Phi) is 4.83. The van der Waals surface area contributed by atoms with Gasteiger partial charge in [-0.05, 0) is 35.7 Å². The number of benzene rings is 1. The van der Waals surface area contributed by atoms with E-state index in [1.165, 1.54) is 17.1 Å². The average molecular weight is 340 g/mol. The van der Waals surface area contributed by atoms with Crippen LogP contribution in [0.25, 0.3) is 0 Å². The highest BCUT2D eigenvalue weighted by Gasteiger charge is 2.19. The molecule has 0 bridgehead atoms. The predicted molar refractivity (Wildman–Crippen MR) is 90.3 cm³/mol. The number of carbonyl (C=O) groups is 2. The summed E-state index contributed by atoms with van der Waals surface area (Å²) in [6.07, 6.45) is 2.84. The van der Waals surface area contributed by atoms with Crippen molar-refractivity contribution < 1.29 is 14.0 Å². The molecule has 0 atom stereocenters. The first kappa shape index (κ1) is 16.8. The molecule has 1 aromatic carbocycles. The van der Waals surface area contributed by atoms with Crippen LogP contribution in [-0.4, -0.2) is 34.7 Å². The van der Waals surface area contributed by atoms with Crippen molar-refractivity contribution >= 4 is 17.6 Å². The van der Waals surface area contributed by atoms with Crippen molar-refractivity contribution in [2.24, 2.45) is 5.10 Å². The molecule has 2 amide bonds. The highest BCUT2D eigenvalue weighted by molar-refractivity contribution is 6.06. The molecule has 3 rings (SSSR count). The molecule has 6 nitrogen and oxygen atoms in total. The molecular weight excluding hydrogens is 323 g/mol. The van der Waals surface area contributed by atoms with E-state index in [2.05, 4.69) is 15.4 Å². The number of nitrogens with zero attached hydrogens (tertiary/aromatic N) is 3. The number of aromatic nitrogens is 1. The van der Waals surface area contributed by atoms with Crippen LogP contribution in [-0.2, 0) is 11.2 Å². The van der Waals surface area contributed by atoms with Gasteiger partial charge in [-0.1, -0.05) is 18.2 Å². The fourth-order valence-corrected chi connectivity index (χ4v) is 2.50. The third-order valence-electron chi connectivity index (χ3n) is 3.82. The van der Waals surface area contributed by atoms with Crippen LogP contribution >= 0.6 is 0 Å². The minimum atomic E-state index is -0.376. The summed E-state index contributed by atoms with van der Waals surface area (Å²) in [5.74, 6) is -0.299. The lowest BCUT2D eigenvalue weighted by Crippen LogP contribution is -2.38.